The number of aryl methyl sites for hydroxylation is 1. The van der Waals surface area contributed by atoms with E-state index in [1.165, 1.54) is 22.9 Å². The molecular weight excluding hydrogens is 249 g/mol. The summed E-state index contributed by atoms with van der Waals surface area (Å²) in [6, 6.07) is 7.26. The minimum Gasteiger partial charge on any atom is -0.325 e. The summed E-state index contributed by atoms with van der Waals surface area (Å²) in [6.07, 6.45) is 0.687. The van der Waals surface area contributed by atoms with E-state index in [1.54, 1.807) is 12.1 Å². The first-order chi connectivity index (χ1) is 9.10. The van der Waals surface area contributed by atoms with Gasteiger partial charge >= 0.3 is 0 Å². The largest absolute Gasteiger partial charge is 0.325 e. The Kier molecular flexibility index (Phi) is 3.91. The molecule has 0 aliphatic rings. The number of hydrogen-bond donors (Lipinski definition) is 2. The second-order valence-corrected chi connectivity index (χ2v) is 4.17. The third-order valence-electron chi connectivity index (χ3n) is 2.81. The normalized spacial score (nSPS) is 10.6. The van der Waals surface area contributed by atoms with Crippen molar-refractivity contribution in [1.82, 2.24) is 9.78 Å². The molecule has 1 aromatic carbocycles. The summed E-state index contributed by atoms with van der Waals surface area (Å²) >= 11 is 0. The molecule has 3 N–H and O–H groups in total. The molecule has 5 nitrogen and oxygen atoms in total. The first kappa shape index (κ1) is 13.2. The minimum atomic E-state index is -0.351. The maximum Gasteiger partial charge on any atom is 0.264 e. The monoisotopic (exact) mass is 263 g/mol. The summed E-state index contributed by atoms with van der Waals surface area (Å²) in [5, 5.41) is 2.41. The number of H-pyrrole nitrogens is 1. The van der Waals surface area contributed by atoms with E-state index in [-0.39, 0.29) is 30.2 Å². The van der Waals surface area contributed by atoms with Crippen LogP contribution < -0.4 is 11.3 Å². The van der Waals surface area contributed by atoms with Crippen molar-refractivity contribution in [2.75, 3.05) is 0 Å². The maximum absolute atomic E-state index is 12.7. The molecule has 0 saturated heterocycles. The highest BCUT2D eigenvalue weighted by molar-refractivity contribution is 5.78. The summed E-state index contributed by atoms with van der Waals surface area (Å²) in [5.41, 5.74) is 6.41. The lowest BCUT2D eigenvalue weighted by Gasteiger charge is -2.05. The van der Waals surface area contributed by atoms with Gasteiger partial charge in [-0.05, 0) is 24.1 Å². The molecule has 0 fully saturated rings. The fourth-order valence-electron chi connectivity index (χ4n) is 1.82. The lowest BCUT2D eigenvalue weighted by molar-refractivity contribution is 0.0883. The number of benzene rings is 1. The number of hydrogen-bond acceptors (Lipinski definition) is 3. The highest BCUT2D eigenvalue weighted by atomic mass is 19.1. The molecule has 0 unspecified atom stereocenters. The van der Waals surface area contributed by atoms with Crippen molar-refractivity contribution in [2.45, 2.75) is 19.4 Å². The Bertz CT molecular complexity index is 628. The molecule has 1 aromatic heterocycles. The van der Waals surface area contributed by atoms with Crippen molar-refractivity contribution in [3.05, 3.63) is 57.8 Å². The zero-order valence-electron chi connectivity index (χ0n) is 10.2. The van der Waals surface area contributed by atoms with Gasteiger partial charge < -0.3 is 5.73 Å². The van der Waals surface area contributed by atoms with Crippen LogP contribution in [0.5, 0.6) is 0 Å². The number of aromatic amines is 1. The Morgan fingerprint density at radius 1 is 1.32 bits per heavy atom. The summed E-state index contributed by atoms with van der Waals surface area (Å²) in [5.74, 6) is -0.554. The van der Waals surface area contributed by atoms with Crippen LogP contribution in [0.1, 0.15) is 22.5 Å². The molecule has 1 heterocycles. The van der Waals surface area contributed by atoms with Crippen LogP contribution in [0.3, 0.4) is 0 Å². The van der Waals surface area contributed by atoms with Crippen LogP contribution in [0, 0.1) is 5.82 Å². The quantitative estimate of drug-likeness (QED) is 0.865. The van der Waals surface area contributed by atoms with Gasteiger partial charge in [0.1, 0.15) is 5.82 Å². The molecule has 0 aliphatic carbocycles. The number of halogens is 1. The Morgan fingerprint density at radius 3 is 2.63 bits per heavy atom. The third-order valence-corrected chi connectivity index (χ3v) is 2.81. The van der Waals surface area contributed by atoms with E-state index in [0.717, 1.165) is 5.56 Å². The summed E-state index contributed by atoms with van der Waals surface area (Å²) in [7, 11) is 0. The fraction of sp³-hybridized carbons (Fsp3) is 0.231. The van der Waals surface area contributed by atoms with Gasteiger partial charge in [-0.1, -0.05) is 12.1 Å². The minimum absolute atomic E-state index is 0.112. The van der Waals surface area contributed by atoms with E-state index < -0.39 is 0 Å². The van der Waals surface area contributed by atoms with Crippen LogP contribution in [-0.4, -0.2) is 15.7 Å². The third kappa shape index (κ3) is 3.17. The van der Waals surface area contributed by atoms with Gasteiger partial charge in [-0.15, -0.1) is 0 Å². The Labute approximate surface area is 108 Å². The second kappa shape index (κ2) is 5.62. The molecule has 2 aromatic rings. The first-order valence-electron chi connectivity index (χ1n) is 5.89. The fourth-order valence-corrected chi connectivity index (χ4v) is 1.82. The highest BCUT2D eigenvalue weighted by Gasteiger charge is 2.10. The van der Waals surface area contributed by atoms with Crippen LogP contribution in [0.15, 0.2) is 35.1 Å². The smallest absolute Gasteiger partial charge is 0.264 e. The van der Waals surface area contributed by atoms with Gasteiger partial charge in [0.25, 0.3) is 5.56 Å². The van der Waals surface area contributed by atoms with Gasteiger partial charge in [0.15, 0.2) is 0 Å². The first-order valence-corrected chi connectivity index (χ1v) is 5.89. The van der Waals surface area contributed by atoms with Crippen molar-refractivity contribution in [3.8, 4) is 0 Å². The van der Waals surface area contributed by atoms with E-state index in [9.17, 15) is 14.0 Å². The molecule has 19 heavy (non-hydrogen) atoms. The summed E-state index contributed by atoms with van der Waals surface area (Å²) in [4.78, 5) is 23.1. The van der Waals surface area contributed by atoms with Gasteiger partial charge in [0, 0.05) is 19.0 Å². The van der Waals surface area contributed by atoms with Crippen LogP contribution in [-0.2, 0) is 13.0 Å². The van der Waals surface area contributed by atoms with E-state index in [2.05, 4.69) is 5.10 Å². The van der Waals surface area contributed by atoms with Crippen molar-refractivity contribution in [2.24, 2.45) is 5.73 Å². The average molecular weight is 263 g/mol. The number of aromatic nitrogens is 2. The lowest BCUT2D eigenvalue weighted by Crippen LogP contribution is -2.19. The Hall–Kier alpha value is -2.21. The Morgan fingerprint density at radius 2 is 2.00 bits per heavy atom. The van der Waals surface area contributed by atoms with Gasteiger partial charge in [0.2, 0.25) is 5.91 Å². The number of nitrogens with one attached hydrogen (secondary N) is 1. The van der Waals surface area contributed by atoms with Crippen molar-refractivity contribution in [1.29, 1.82) is 0 Å². The van der Waals surface area contributed by atoms with E-state index in [0.29, 0.717) is 12.1 Å². The van der Waals surface area contributed by atoms with Gasteiger partial charge in [-0.3, -0.25) is 14.7 Å². The van der Waals surface area contributed by atoms with Crippen LogP contribution >= 0.6 is 0 Å². The predicted molar refractivity (Wildman–Crippen MR) is 68.3 cm³/mol. The van der Waals surface area contributed by atoms with Crippen molar-refractivity contribution >= 4 is 5.91 Å². The maximum atomic E-state index is 12.7. The number of nitrogens with zero attached hydrogens (tertiary/aromatic N) is 1. The molecule has 0 aliphatic heterocycles. The standard InChI is InChI=1S/C13H14FN3O2/c14-10-4-1-9(2-5-10)3-6-13(19)17-11(8-15)7-12(18)16-17/h1-2,4-5,7H,3,6,8,15H2,(H,16,18). The molecule has 100 valence electrons. The summed E-state index contributed by atoms with van der Waals surface area (Å²) in [6.45, 7) is 0.112. The molecule has 0 spiro atoms. The van der Waals surface area contributed by atoms with Crippen LogP contribution in [0.4, 0.5) is 4.39 Å². The van der Waals surface area contributed by atoms with E-state index >= 15 is 0 Å². The predicted octanol–water partition coefficient (Wildman–Crippen LogP) is 1.05. The zero-order chi connectivity index (χ0) is 13.8. The zero-order valence-corrected chi connectivity index (χ0v) is 10.2. The molecule has 0 amide bonds. The second-order valence-electron chi connectivity index (χ2n) is 4.17. The number of nitrogens with two attached hydrogens (primary N) is 1. The molecule has 0 atom stereocenters. The van der Waals surface area contributed by atoms with Gasteiger partial charge in [-0.25, -0.2) is 9.07 Å². The van der Waals surface area contributed by atoms with E-state index in [4.69, 9.17) is 5.73 Å². The number of carbonyl (C=O) groups excluding carboxylic acids is 1. The molecule has 6 heteroatoms. The van der Waals surface area contributed by atoms with Gasteiger partial charge in [-0.2, -0.15) is 0 Å². The lowest BCUT2D eigenvalue weighted by atomic mass is 10.1. The molecule has 0 bridgehead atoms. The van der Waals surface area contributed by atoms with Gasteiger partial charge in [0.05, 0.1) is 5.69 Å². The number of rotatable bonds is 4. The SMILES string of the molecule is NCc1cc(=O)[nH]n1C(=O)CCc1ccc(F)cc1. The molecule has 2 rings (SSSR count). The van der Waals surface area contributed by atoms with E-state index in [1.807, 2.05) is 0 Å². The van der Waals surface area contributed by atoms with Crippen LogP contribution in [0.25, 0.3) is 0 Å². The number of carbonyl (C=O) groups is 1. The molecular formula is C13H14FN3O2. The highest BCUT2D eigenvalue weighted by Crippen LogP contribution is 2.07. The van der Waals surface area contributed by atoms with Crippen molar-refractivity contribution < 1.29 is 9.18 Å². The summed E-state index contributed by atoms with van der Waals surface area (Å²) < 4.78 is 13.9. The molecule has 0 saturated carbocycles. The topological polar surface area (TPSA) is 80.9 Å². The average Bonchev–Trinajstić information content (AvgIpc) is 2.79. The van der Waals surface area contributed by atoms with Crippen LogP contribution in [0.2, 0.25) is 0 Å². The van der Waals surface area contributed by atoms with Crippen molar-refractivity contribution in [3.63, 3.8) is 0 Å². The molecule has 0 radical (unpaired) electrons. The Balaban J connectivity index is 2.05.